The molecule has 0 saturated carbocycles. The van der Waals surface area contributed by atoms with Gasteiger partial charge in [0, 0.05) is 76.5 Å². The first-order valence-corrected chi connectivity index (χ1v) is 29.9. The summed E-state index contributed by atoms with van der Waals surface area (Å²) >= 11 is 0. The lowest BCUT2D eigenvalue weighted by molar-refractivity contribution is -0.125. The van der Waals surface area contributed by atoms with Crippen molar-refractivity contribution in [1.29, 1.82) is 0 Å². The number of fused-ring (bicyclic) bond motifs is 2. The van der Waals surface area contributed by atoms with E-state index in [2.05, 4.69) is 57.7 Å². The van der Waals surface area contributed by atoms with Crippen LogP contribution in [-0.2, 0) is 46.6 Å². The van der Waals surface area contributed by atoms with Crippen molar-refractivity contribution in [2.45, 2.75) is 112 Å². The van der Waals surface area contributed by atoms with Crippen molar-refractivity contribution in [1.82, 2.24) is 25.0 Å². The molecule has 3 aliphatic heterocycles. The topological polar surface area (TPSA) is 252 Å². The molecule has 0 spiro atoms. The van der Waals surface area contributed by atoms with Crippen LogP contribution in [0.25, 0.3) is 5.70 Å². The number of hydrogen-bond acceptors (Lipinski definition) is 17. The Hall–Kier alpha value is -8.11. The lowest BCUT2D eigenvalue weighted by atomic mass is 10.0. The standard InChI is InChI=1S/C58H75N9O12.C5H10.C4H10/c1-40-23-46(65(34-40)39-69)32-62-50-30-54(52(73-5)25-42(50)3)78-37-43-26-44(38-79-55-31-51-48(29-53(55)74-6)58(72)67-35-41(2)24-47(67)33-63-51)28-45(27-43)49(59)36-66(60)15-18-76-20-22-77-21-19-75-17-13-61-56(70)11-8-7-9-14-64(4)57(71)12-10-16-68;1-4-5(2)3;1-4(2)3/h10,12,16,25-33,36,39,46-47H,1-2,7-9,11,13-15,17-24,34-35,37-38,59-60H2,3-6H3,(H,61,70);2,4H2,1,3H3;4H,1-3H3/b12-10-,49-36-,62-32?;;. The number of rotatable bonds is 34. The molecule has 21 nitrogen and oxygen atoms in total. The van der Waals surface area contributed by atoms with Gasteiger partial charge in [0.1, 0.15) is 19.5 Å². The van der Waals surface area contributed by atoms with Crippen LogP contribution < -0.4 is 35.8 Å². The van der Waals surface area contributed by atoms with Crippen LogP contribution in [0.1, 0.15) is 112 Å². The van der Waals surface area contributed by atoms with Crippen molar-refractivity contribution in [2.75, 3.05) is 93.6 Å². The normalized spacial score (nSPS) is 15.3. The maximum atomic E-state index is 13.6. The molecular formula is C67H95N9O12. The van der Waals surface area contributed by atoms with E-state index in [1.807, 2.05) is 44.2 Å². The number of carbonyl (C=O) groups is 5. The number of hydrogen-bond donors (Lipinski definition) is 3. The van der Waals surface area contributed by atoms with Gasteiger partial charge < -0.3 is 63.9 Å². The second kappa shape index (κ2) is 38.9. The van der Waals surface area contributed by atoms with E-state index in [1.54, 1.807) is 54.7 Å². The van der Waals surface area contributed by atoms with Crippen molar-refractivity contribution in [3.8, 4) is 23.0 Å². The average molecular weight is 1220 g/mol. The minimum atomic E-state index is -0.229. The molecule has 480 valence electrons. The van der Waals surface area contributed by atoms with Crippen LogP contribution in [-0.4, -0.2) is 168 Å². The number of carbonyl (C=O) groups excluding carboxylic acids is 5. The van der Waals surface area contributed by atoms with Crippen molar-refractivity contribution >= 4 is 59.9 Å². The van der Waals surface area contributed by atoms with Crippen LogP contribution in [0.15, 0.2) is 107 Å². The summed E-state index contributed by atoms with van der Waals surface area (Å²) in [5.41, 5.74) is 14.9. The minimum Gasteiger partial charge on any atom is -0.493 e. The van der Waals surface area contributed by atoms with E-state index in [0.29, 0.717) is 156 Å². The Bertz CT molecular complexity index is 2940. The summed E-state index contributed by atoms with van der Waals surface area (Å²) < 4.78 is 41.3. The summed E-state index contributed by atoms with van der Waals surface area (Å²) in [7, 11) is 4.76. The molecule has 88 heavy (non-hydrogen) atoms. The van der Waals surface area contributed by atoms with Gasteiger partial charge in [-0.3, -0.25) is 34.0 Å². The molecule has 3 aromatic carbocycles. The maximum Gasteiger partial charge on any atom is 0.257 e. The first-order chi connectivity index (χ1) is 42.2. The van der Waals surface area contributed by atoms with E-state index in [0.717, 1.165) is 59.4 Å². The summed E-state index contributed by atoms with van der Waals surface area (Å²) in [6, 6.07) is 12.4. The number of methoxy groups -OCH3 is 2. The molecule has 2 atom stereocenters. The number of aryl methyl sites for hydroxylation is 1. The van der Waals surface area contributed by atoms with Crippen LogP contribution in [0.2, 0.25) is 0 Å². The van der Waals surface area contributed by atoms with Gasteiger partial charge in [0.05, 0.1) is 95.1 Å². The van der Waals surface area contributed by atoms with E-state index < -0.39 is 0 Å². The molecule has 0 aliphatic carbocycles. The number of likely N-dealkylation sites (tertiary alicyclic amines) is 1. The third kappa shape index (κ3) is 25.3. The zero-order valence-electron chi connectivity index (χ0n) is 53.3. The first-order valence-electron chi connectivity index (χ1n) is 29.9. The molecule has 6 rings (SSSR count). The van der Waals surface area contributed by atoms with Gasteiger partial charge in [-0.15, -0.1) is 6.58 Å². The highest BCUT2D eigenvalue weighted by molar-refractivity contribution is 6.04. The molecule has 2 unspecified atom stereocenters. The summed E-state index contributed by atoms with van der Waals surface area (Å²) in [5, 5.41) is 4.29. The Morgan fingerprint density at radius 2 is 1.45 bits per heavy atom. The highest BCUT2D eigenvalue weighted by Gasteiger charge is 2.34. The van der Waals surface area contributed by atoms with Gasteiger partial charge in [-0.25, -0.2) is 5.84 Å². The van der Waals surface area contributed by atoms with Crippen LogP contribution in [0.5, 0.6) is 23.0 Å². The smallest absolute Gasteiger partial charge is 0.257 e. The monoisotopic (exact) mass is 1220 g/mol. The van der Waals surface area contributed by atoms with Crippen LogP contribution >= 0.6 is 0 Å². The molecular weight excluding hydrogens is 1120 g/mol. The molecule has 3 heterocycles. The fraction of sp³-hybridized carbons (Fsp3) is 0.478. The predicted octanol–water partition coefficient (Wildman–Crippen LogP) is 9.15. The van der Waals surface area contributed by atoms with Gasteiger partial charge in [0.25, 0.3) is 5.91 Å². The number of nitrogens with one attached hydrogen (secondary N) is 1. The molecule has 2 fully saturated rings. The largest absolute Gasteiger partial charge is 0.493 e. The van der Waals surface area contributed by atoms with Gasteiger partial charge in [-0.2, -0.15) is 0 Å². The van der Waals surface area contributed by atoms with Crippen molar-refractivity contribution in [2.24, 2.45) is 27.5 Å². The number of nitrogens with zero attached hydrogens (tertiary/aromatic N) is 6. The Kier molecular flexibility index (Phi) is 32.0. The number of benzene rings is 3. The van der Waals surface area contributed by atoms with Gasteiger partial charge in [-0.1, -0.05) is 64.0 Å². The Morgan fingerprint density at radius 1 is 0.841 bits per heavy atom. The predicted molar refractivity (Wildman–Crippen MR) is 346 cm³/mol. The number of aldehydes is 1. The third-order valence-electron chi connectivity index (χ3n) is 13.8. The Balaban J connectivity index is 0.00000171. The van der Waals surface area contributed by atoms with E-state index >= 15 is 0 Å². The molecule has 3 aliphatic rings. The first kappa shape index (κ1) is 72.4. The third-order valence-corrected chi connectivity index (χ3v) is 13.8. The van der Waals surface area contributed by atoms with E-state index in [-0.39, 0.29) is 43.0 Å². The molecule has 0 radical (unpaired) electrons. The lowest BCUT2D eigenvalue weighted by Gasteiger charge is -2.20. The molecule has 21 heteroatoms. The summed E-state index contributed by atoms with van der Waals surface area (Å²) in [5.74, 6) is 8.54. The SMILES string of the molecule is C=C(C)CC.C=C1CC(C=Nc2cc(OCc3cc(COc4cc5c(cc4OC)C(=O)N4CC(=C)CC4C=N5)cc(/C(N)=C/N(N)CCOCCOCCOCCNC(=O)CCCCCN(C)C(=O)/C=C\C=O)c3)c(OC)cc2C)N(C=O)C1.CC(C)C. The van der Waals surface area contributed by atoms with Gasteiger partial charge in [0.2, 0.25) is 18.2 Å². The number of aliphatic imine (C=N–C) groups is 2. The van der Waals surface area contributed by atoms with E-state index in [1.165, 1.54) is 34.7 Å². The average Bonchev–Trinajstić information content (AvgIpc) is 3.33. The number of ether oxygens (including phenoxy) is 7. The number of amides is 4. The zero-order valence-corrected chi connectivity index (χ0v) is 53.3. The van der Waals surface area contributed by atoms with E-state index in [9.17, 15) is 24.0 Å². The molecule has 0 aromatic heterocycles. The fourth-order valence-electron chi connectivity index (χ4n) is 8.91. The zero-order chi connectivity index (χ0) is 64.5. The Labute approximate surface area is 521 Å². The number of nitrogens with two attached hydrogens (primary N) is 2. The van der Waals surface area contributed by atoms with Gasteiger partial charge in [0.15, 0.2) is 23.0 Å². The molecule has 2 saturated heterocycles. The minimum absolute atomic E-state index is 0.0558. The molecule has 0 bridgehead atoms. The van der Waals surface area contributed by atoms with Crippen molar-refractivity contribution < 1.29 is 57.1 Å². The van der Waals surface area contributed by atoms with E-state index in [4.69, 9.17) is 49.7 Å². The van der Waals surface area contributed by atoms with Crippen LogP contribution in [0, 0.1) is 12.8 Å². The number of allylic oxidation sites excluding steroid dienone is 2. The number of likely N-dealkylation sites (N-methyl/N-ethyl adjacent to an activating group) is 1. The highest BCUT2D eigenvalue weighted by atomic mass is 16.5. The highest BCUT2D eigenvalue weighted by Crippen LogP contribution is 2.40. The summed E-state index contributed by atoms with van der Waals surface area (Å²) in [6.07, 6.45) is 14.0. The summed E-state index contributed by atoms with van der Waals surface area (Å²) in [4.78, 5) is 74.0. The fourth-order valence-corrected chi connectivity index (χ4v) is 8.91. The van der Waals surface area contributed by atoms with Crippen molar-refractivity contribution in [3.63, 3.8) is 0 Å². The maximum absolute atomic E-state index is 13.6. The second-order valence-electron chi connectivity index (χ2n) is 22.4. The molecule has 4 amide bonds. The van der Waals surface area contributed by atoms with Crippen molar-refractivity contribution in [3.05, 3.63) is 125 Å². The van der Waals surface area contributed by atoms with Gasteiger partial charge in [-0.05, 0) is 111 Å². The Morgan fingerprint density at radius 3 is 2.08 bits per heavy atom. The van der Waals surface area contributed by atoms with Crippen LogP contribution in [0.3, 0.4) is 0 Å². The summed E-state index contributed by atoms with van der Waals surface area (Å²) in [6.45, 7) is 28.8. The van der Waals surface area contributed by atoms with Crippen LogP contribution in [0.4, 0.5) is 11.4 Å². The molecule has 3 aromatic rings. The second-order valence-corrected chi connectivity index (χ2v) is 22.4. The molecule has 5 N–H and O–H groups in total. The quantitative estimate of drug-likeness (QED) is 0.00959. The van der Waals surface area contributed by atoms with Gasteiger partial charge >= 0.3 is 0 Å². The number of hydrazine groups is 1. The number of unbranched alkanes of at least 4 members (excludes halogenated alkanes) is 2. The lowest BCUT2D eigenvalue weighted by Crippen LogP contribution is -2.35.